The Morgan fingerprint density at radius 2 is 2.23 bits per heavy atom. The summed E-state index contributed by atoms with van der Waals surface area (Å²) in [5.74, 6) is 0. The molecule has 1 aromatic rings. The highest BCUT2D eigenvalue weighted by atomic mass is 35.5. The standard InChI is InChI=1S/C10H15ClN2/c1-10(2,7-12)5-8-3-4-13-6-9(8)11/h3-4,6H,5,7,12H2,1-2H3. The summed E-state index contributed by atoms with van der Waals surface area (Å²) in [6, 6.07) is 1.94. The number of pyridine rings is 1. The molecule has 0 atom stereocenters. The van der Waals surface area contributed by atoms with Crippen molar-refractivity contribution in [1.29, 1.82) is 0 Å². The first-order valence-corrected chi connectivity index (χ1v) is 4.71. The van der Waals surface area contributed by atoms with Crippen molar-refractivity contribution in [2.24, 2.45) is 11.1 Å². The maximum absolute atomic E-state index is 5.98. The number of nitrogens with two attached hydrogens (primary N) is 1. The van der Waals surface area contributed by atoms with E-state index in [-0.39, 0.29) is 5.41 Å². The van der Waals surface area contributed by atoms with Crippen molar-refractivity contribution < 1.29 is 0 Å². The maximum atomic E-state index is 5.98. The Balaban J connectivity index is 2.80. The summed E-state index contributed by atoms with van der Waals surface area (Å²) in [4.78, 5) is 3.94. The molecule has 0 radical (unpaired) electrons. The Labute approximate surface area is 84.1 Å². The van der Waals surface area contributed by atoms with Crippen LogP contribution in [0.2, 0.25) is 5.02 Å². The zero-order valence-corrected chi connectivity index (χ0v) is 8.80. The molecule has 1 heterocycles. The number of hydrogen-bond donors (Lipinski definition) is 1. The van der Waals surface area contributed by atoms with Crippen LogP contribution < -0.4 is 5.73 Å². The minimum Gasteiger partial charge on any atom is -0.330 e. The third-order valence-electron chi connectivity index (χ3n) is 2.08. The average molecular weight is 199 g/mol. The Hall–Kier alpha value is -0.600. The second-order valence-corrected chi connectivity index (χ2v) is 4.42. The van der Waals surface area contributed by atoms with Gasteiger partial charge in [0.15, 0.2) is 0 Å². The molecule has 0 aliphatic heterocycles. The van der Waals surface area contributed by atoms with E-state index in [4.69, 9.17) is 17.3 Å². The van der Waals surface area contributed by atoms with Gasteiger partial charge >= 0.3 is 0 Å². The van der Waals surface area contributed by atoms with Crippen molar-refractivity contribution in [2.45, 2.75) is 20.3 Å². The van der Waals surface area contributed by atoms with Gasteiger partial charge in [-0.1, -0.05) is 25.4 Å². The number of halogens is 1. The lowest BCUT2D eigenvalue weighted by Gasteiger charge is -2.22. The maximum Gasteiger partial charge on any atom is 0.0621 e. The van der Waals surface area contributed by atoms with Crippen LogP contribution in [0.25, 0.3) is 0 Å². The van der Waals surface area contributed by atoms with Crippen LogP contribution in [-0.2, 0) is 6.42 Å². The van der Waals surface area contributed by atoms with Gasteiger partial charge in [-0.05, 0) is 30.0 Å². The van der Waals surface area contributed by atoms with E-state index < -0.39 is 0 Å². The number of hydrogen-bond acceptors (Lipinski definition) is 2. The minimum atomic E-state index is 0.102. The van der Waals surface area contributed by atoms with Gasteiger partial charge in [-0.3, -0.25) is 4.98 Å². The van der Waals surface area contributed by atoms with E-state index in [1.165, 1.54) is 0 Å². The summed E-state index contributed by atoms with van der Waals surface area (Å²) >= 11 is 5.98. The first kappa shape index (κ1) is 10.5. The molecule has 0 fully saturated rings. The van der Waals surface area contributed by atoms with Gasteiger partial charge in [-0.15, -0.1) is 0 Å². The molecule has 1 rings (SSSR count). The average Bonchev–Trinajstić information content (AvgIpc) is 2.09. The molecule has 0 bridgehead atoms. The van der Waals surface area contributed by atoms with Crippen molar-refractivity contribution >= 4 is 11.6 Å². The van der Waals surface area contributed by atoms with E-state index in [1.54, 1.807) is 12.4 Å². The molecule has 0 aliphatic rings. The summed E-state index contributed by atoms with van der Waals surface area (Å²) in [7, 11) is 0. The van der Waals surface area contributed by atoms with E-state index in [1.807, 2.05) is 6.07 Å². The number of rotatable bonds is 3. The molecule has 2 N–H and O–H groups in total. The molecule has 0 saturated carbocycles. The summed E-state index contributed by atoms with van der Waals surface area (Å²) in [6.45, 7) is 4.92. The van der Waals surface area contributed by atoms with Crippen molar-refractivity contribution in [3.8, 4) is 0 Å². The van der Waals surface area contributed by atoms with E-state index in [0.29, 0.717) is 6.54 Å². The van der Waals surface area contributed by atoms with Crippen LogP contribution in [0.4, 0.5) is 0 Å². The summed E-state index contributed by atoms with van der Waals surface area (Å²) in [5, 5.41) is 0.726. The van der Waals surface area contributed by atoms with Gasteiger partial charge in [0.25, 0.3) is 0 Å². The molecule has 0 amide bonds. The SMILES string of the molecule is CC(C)(CN)Cc1ccncc1Cl. The van der Waals surface area contributed by atoms with Crippen molar-refractivity contribution in [3.05, 3.63) is 29.0 Å². The molecule has 0 saturated heterocycles. The van der Waals surface area contributed by atoms with Gasteiger partial charge in [0, 0.05) is 12.4 Å². The minimum absolute atomic E-state index is 0.102. The Kier molecular flexibility index (Phi) is 3.28. The third-order valence-corrected chi connectivity index (χ3v) is 2.42. The molecule has 72 valence electrons. The van der Waals surface area contributed by atoms with Crippen molar-refractivity contribution in [2.75, 3.05) is 6.54 Å². The molecule has 0 aromatic carbocycles. The third kappa shape index (κ3) is 2.98. The molecular formula is C10H15ClN2. The molecule has 3 heteroatoms. The summed E-state index contributed by atoms with van der Waals surface area (Å²) < 4.78 is 0. The van der Waals surface area contributed by atoms with Crippen molar-refractivity contribution in [3.63, 3.8) is 0 Å². The lowest BCUT2D eigenvalue weighted by atomic mass is 9.86. The van der Waals surface area contributed by atoms with Crippen LogP contribution in [0.5, 0.6) is 0 Å². The smallest absolute Gasteiger partial charge is 0.0621 e. The Bertz CT molecular complexity index is 284. The van der Waals surface area contributed by atoms with Gasteiger partial charge < -0.3 is 5.73 Å². The molecule has 0 spiro atoms. The van der Waals surface area contributed by atoms with Crippen LogP contribution in [-0.4, -0.2) is 11.5 Å². The van der Waals surface area contributed by atoms with E-state index in [2.05, 4.69) is 18.8 Å². The van der Waals surface area contributed by atoms with Crippen LogP contribution >= 0.6 is 11.6 Å². The summed E-state index contributed by atoms with van der Waals surface area (Å²) in [6.07, 6.45) is 4.32. The van der Waals surface area contributed by atoms with E-state index in [9.17, 15) is 0 Å². The van der Waals surface area contributed by atoms with Gasteiger partial charge in [-0.2, -0.15) is 0 Å². The monoisotopic (exact) mass is 198 g/mol. The fourth-order valence-electron chi connectivity index (χ4n) is 1.14. The van der Waals surface area contributed by atoms with Crippen LogP contribution in [0.15, 0.2) is 18.5 Å². The van der Waals surface area contributed by atoms with Gasteiger partial charge in [-0.25, -0.2) is 0 Å². The van der Waals surface area contributed by atoms with Crippen LogP contribution in [0, 0.1) is 5.41 Å². The second-order valence-electron chi connectivity index (χ2n) is 4.01. The van der Waals surface area contributed by atoms with E-state index >= 15 is 0 Å². The number of nitrogens with zero attached hydrogens (tertiary/aromatic N) is 1. The second kappa shape index (κ2) is 4.07. The van der Waals surface area contributed by atoms with Gasteiger partial charge in [0.1, 0.15) is 0 Å². The zero-order valence-electron chi connectivity index (χ0n) is 8.05. The van der Waals surface area contributed by atoms with Gasteiger partial charge in [0.2, 0.25) is 0 Å². The highest BCUT2D eigenvalue weighted by Crippen LogP contribution is 2.24. The van der Waals surface area contributed by atoms with E-state index in [0.717, 1.165) is 17.0 Å². The summed E-state index contributed by atoms with van der Waals surface area (Å²) in [5.41, 5.74) is 6.87. The molecule has 2 nitrogen and oxygen atoms in total. The predicted molar refractivity (Wildman–Crippen MR) is 55.8 cm³/mol. The normalized spacial score (nSPS) is 11.7. The lowest BCUT2D eigenvalue weighted by molar-refractivity contribution is 0.377. The first-order valence-electron chi connectivity index (χ1n) is 4.33. The zero-order chi connectivity index (χ0) is 9.90. The van der Waals surface area contributed by atoms with Crippen LogP contribution in [0.1, 0.15) is 19.4 Å². The highest BCUT2D eigenvalue weighted by Gasteiger charge is 2.17. The fourth-order valence-corrected chi connectivity index (χ4v) is 1.32. The largest absolute Gasteiger partial charge is 0.330 e. The Morgan fingerprint density at radius 3 is 2.77 bits per heavy atom. The molecular weight excluding hydrogens is 184 g/mol. The van der Waals surface area contributed by atoms with Crippen LogP contribution in [0.3, 0.4) is 0 Å². The molecule has 13 heavy (non-hydrogen) atoms. The number of aromatic nitrogens is 1. The topological polar surface area (TPSA) is 38.9 Å². The predicted octanol–water partition coefficient (Wildman–Crippen LogP) is 2.26. The highest BCUT2D eigenvalue weighted by molar-refractivity contribution is 6.31. The molecule has 1 aromatic heterocycles. The Morgan fingerprint density at radius 1 is 1.54 bits per heavy atom. The lowest BCUT2D eigenvalue weighted by Crippen LogP contribution is -2.26. The molecule has 0 aliphatic carbocycles. The fraction of sp³-hybridized carbons (Fsp3) is 0.500. The molecule has 0 unspecified atom stereocenters. The van der Waals surface area contributed by atoms with Crippen molar-refractivity contribution in [1.82, 2.24) is 4.98 Å². The van der Waals surface area contributed by atoms with Gasteiger partial charge in [0.05, 0.1) is 5.02 Å². The first-order chi connectivity index (χ1) is 6.05. The quantitative estimate of drug-likeness (QED) is 0.810.